The summed E-state index contributed by atoms with van der Waals surface area (Å²) in [7, 11) is 0. The van der Waals surface area contributed by atoms with Crippen molar-refractivity contribution in [1.82, 2.24) is 10.2 Å². The van der Waals surface area contributed by atoms with E-state index in [2.05, 4.69) is 25.6 Å². The lowest BCUT2D eigenvalue weighted by atomic mass is 10.3. The minimum absolute atomic E-state index is 0.0787. The monoisotopic (exact) mass is 388 g/mol. The first-order valence-corrected chi connectivity index (χ1v) is 9.28. The summed E-state index contributed by atoms with van der Waals surface area (Å²) in [6.07, 6.45) is 0.973. The average Bonchev–Trinajstić information content (AvgIpc) is 3.01. The standard InChI is InChI=1S/C15H18F2N4O2S2/c1-3-8-18-14-20-21-15(25-14)24-9(2)12(22)19-10-6-4-5-7-11(10)23-13(16)17/h4-7,9,13H,3,8H2,1-2H3,(H,18,20)(H,19,22)/t9-/m1/s1. The molecule has 0 saturated carbocycles. The Morgan fingerprint density at radius 1 is 1.36 bits per heavy atom. The SMILES string of the molecule is CCCNc1nnc(S[C@H](C)C(=O)Nc2ccccc2OC(F)F)s1. The van der Waals surface area contributed by atoms with Crippen LogP contribution in [0, 0.1) is 0 Å². The summed E-state index contributed by atoms with van der Waals surface area (Å²) in [5, 5.41) is 14.0. The van der Waals surface area contributed by atoms with Gasteiger partial charge in [-0.15, -0.1) is 10.2 Å². The number of alkyl halides is 2. The average molecular weight is 388 g/mol. The van der Waals surface area contributed by atoms with Crippen molar-refractivity contribution < 1.29 is 18.3 Å². The van der Waals surface area contributed by atoms with Gasteiger partial charge in [0, 0.05) is 6.54 Å². The number of carbonyl (C=O) groups is 1. The quantitative estimate of drug-likeness (QED) is 0.631. The summed E-state index contributed by atoms with van der Waals surface area (Å²) < 4.78 is 29.9. The van der Waals surface area contributed by atoms with E-state index in [0.29, 0.717) is 9.47 Å². The van der Waals surface area contributed by atoms with Crippen LogP contribution >= 0.6 is 23.1 Å². The first-order chi connectivity index (χ1) is 12.0. The van der Waals surface area contributed by atoms with Gasteiger partial charge in [0.25, 0.3) is 0 Å². The van der Waals surface area contributed by atoms with E-state index < -0.39 is 11.9 Å². The van der Waals surface area contributed by atoms with E-state index >= 15 is 0 Å². The molecule has 0 saturated heterocycles. The number of amides is 1. The van der Waals surface area contributed by atoms with Gasteiger partial charge in [0.2, 0.25) is 11.0 Å². The number of nitrogens with one attached hydrogen (secondary N) is 2. The fourth-order valence-electron chi connectivity index (χ4n) is 1.77. The van der Waals surface area contributed by atoms with Gasteiger partial charge < -0.3 is 15.4 Å². The van der Waals surface area contributed by atoms with Crippen molar-refractivity contribution in [3.05, 3.63) is 24.3 Å². The van der Waals surface area contributed by atoms with Crippen LogP contribution in [0.25, 0.3) is 0 Å². The number of aromatic nitrogens is 2. The summed E-state index contributed by atoms with van der Waals surface area (Å²) >= 11 is 2.61. The van der Waals surface area contributed by atoms with Gasteiger partial charge in [-0.1, -0.05) is 42.2 Å². The van der Waals surface area contributed by atoms with Crippen LogP contribution in [0.15, 0.2) is 28.6 Å². The number of benzene rings is 1. The maximum Gasteiger partial charge on any atom is 0.387 e. The molecular formula is C15H18F2N4O2S2. The molecule has 0 aliphatic heterocycles. The largest absolute Gasteiger partial charge is 0.433 e. The van der Waals surface area contributed by atoms with E-state index in [9.17, 15) is 13.6 Å². The van der Waals surface area contributed by atoms with Gasteiger partial charge in [-0.2, -0.15) is 8.78 Å². The summed E-state index contributed by atoms with van der Waals surface area (Å²) in [5.74, 6) is -0.418. The minimum atomic E-state index is -2.96. The predicted octanol–water partition coefficient (Wildman–Crippen LogP) is 4.08. The normalized spacial score (nSPS) is 12.0. The molecule has 2 aromatic rings. The number of thioether (sulfide) groups is 1. The summed E-state index contributed by atoms with van der Waals surface area (Å²) in [5.41, 5.74) is 0.197. The van der Waals surface area contributed by atoms with Crippen LogP contribution in [0.2, 0.25) is 0 Å². The van der Waals surface area contributed by atoms with Crippen LogP contribution in [-0.2, 0) is 4.79 Å². The van der Waals surface area contributed by atoms with Crippen LogP contribution in [0.5, 0.6) is 5.75 Å². The molecule has 2 N–H and O–H groups in total. The molecule has 1 aromatic heterocycles. The Morgan fingerprint density at radius 2 is 2.12 bits per heavy atom. The first kappa shape index (κ1) is 19.4. The van der Waals surface area contributed by atoms with Crippen molar-refractivity contribution in [3.8, 4) is 5.75 Å². The molecule has 10 heteroatoms. The zero-order chi connectivity index (χ0) is 18.2. The van der Waals surface area contributed by atoms with Crippen molar-refractivity contribution in [2.24, 2.45) is 0 Å². The molecule has 0 aliphatic carbocycles. The molecule has 1 atom stereocenters. The second kappa shape index (κ2) is 9.52. The highest BCUT2D eigenvalue weighted by Gasteiger charge is 2.19. The van der Waals surface area contributed by atoms with Crippen LogP contribution in [-0.4, -0.2) is 34.5 Å². The van der Waals surface area contributed by atoms with Gasteiger partial charge in [-0.25, -0.2) is 0 Å². The fraction of sp³-hybridized carbons (Fsp3) is 0.400. The Kier molecular flexibility index (Phi) is 7.38. The first-order valence-electron chi connectivity index (χ1n) is 7.58. The van der Waals surface area contributed by atoms with Crippen molar-refractivity contribution in [2.75, 3.05) is 17.2 Å². The number of anilines is 2. The Labute approximate surface area is 152 Å². The number of hydrogen-bond donors (Lipinski definition) is 2. The molecule has 1 amide bonds. The van der Waals surface area contributed by atoms with Gasteiger partial charge in [0.1, 0.15) is 5.75 Å². The highest BCUT2D eigenvalue weighted by Crippen LogP contribution is 2.31. The maximum atomic E-state index is 12.4. The van der Waals surface area contributed by atoms with E-state index in [4.69, 9.17) is 0 Å². The van der Waals surface area contributed by atoms with Crippen LogP contribution in [0.4, 0.5) is 19.6 Å². The molecule has 136 valence electrons. The Balaban J connectivity index is 1.95. The molecule has 0 radical (unpaired) electrons. The van der Waals surface area contributed by atoms with Gasteiger partial charge >= 0.3 is 6.61 Å². The lowest BCUT2D eigenvalue weighted by molar-refractivity contribution is -0.115. The second-order valence-electron chi connectivity index (χ2n) is 4.92. The fourth-order valence-corrected chi connectivity index (χ4v) is 3.69. The molecule has 0 unspecified atom stereocenters. The number of hydrogen-bond acceptors (Lipinski definition) is 7. The van der Waals surface area contributed by atoms with Crippen molar-refractivity contribution in [2.45, 2.75) is 36.5 Å². The van der Waals surface area contributed by atoms with E-state index in [1.54, 1.807) is 19.1 Å². The van der Waals surface area contributed by atoms with Crippen LogP contribution in [0.1, 0.15) is 20.3 Å². The number of para-hydroxylation sites is 2. The predicted molar refractivity (Wildman–Crippen MR) is 95.7 cm³/mol. The summed E-state index contributed by atoms with van der Waals surface area (Å²) in [6, 6.07) is 6.06. The smallest absolute Gasteiger partial charge is 0.387 e. The van der Waals surface area contributed by atoms with E-state index in [1.165, 1.54) is 35.2 Å². The third-order valence-electron chi connectivity index (χ3n) is 2.94. The maximum absolute atomic E-state index is 12.4. The summed E-state index contributed by atoms with van der Waals surface area (Å²) in [6.45, 7) is 1.60. The van der Waals surface area contributed by atoms with Gasteiger partial charge in [-0.05, 0) is 25.5 Å². The number of halogens is 2. The van der Waals surface area contributed by atoms with Crippen molar-refractivity contribution in [3.63, 3.8) is 0 Å². The number of nitrogens with zero attached hydrogens (tertiary/aromatic N) is 2. The molecule has 6 nitrogen and oxygen atoms in total. The van der Waals surface area contributed by atoms with Crippen LogP contribution < -0.4 is 15.4 Å². The highest BCUT2D eigenvalue weighted by atomic mass is 32.2. The Bertz CT molecular complexity index is 700. The highest BCUT2D eigenvalue weighted by molar-refractivity contribution is 8.02. The second-order valence-corrected chi connectivity index (χ2v) is 7.49. The lowest BCUT2D eigenvalue weighted by Gasteiger charge is -2.14. The van der Waals surface area contributed by atoms with E-state index in [1.807, 2.05) is 6.92 Å². The van der Waals surface area contributed by atoms with Gasteiger partial charge in [0.05, 0.1) is 10.9 Å². The Hall–Kier alpha value is -1.94. The van der Waals surface area contributed by atoms with Crippen molar-refractivity contribution in [1.29, 1.82) is 0 Å². The molecular weight excluding hydrogens is 370 g/mol. The van der Waals surface area contributed by atoms with E-state index in [-0.39, 0.29) is 17.3 Å². The third kappa shape index (κ3) is 6.13. The lowest BCUT2D eigenvalue weighted by Crippen LogP contribution is -2.23. The molecule has 25 heavy (non-hydrogen) atoms. The molecule has 2 rings (SSSR count). The topological polar surface area (TPSA) is 76.1 Å². The molecule has 0 aliphatic rings. The van der Waals surface area contributed by atoms with E-state index in [0.717, 1.165) is 13.0 Å². The number of carbonyl (C=O) groups excluding carboxylic acids is 1. The number of ether oxygens (including phenoxy) is 1. The summed E-state index contributed by atoms with van der Waals surface area (Å²) in [4.78, 5) is 12.3. The minimum Gasteiger partial charge on any atom is -0.433 e. The Morgan fingerprint density at radius 3 is 2.84 bits per heavy atom. The number of rotatable bonds is 9. The van der Waals surface area contributed by atoms with Crippen LogP contribution in [0.3, 0.4) is 0 Å². The molecule has 0 spiro atoms. The third-order valence-corrected chi connectivity index (χ3v) is 5.01. The van der Waals surface area contributed by atoms with Gasteiger partial charge in [0.15, 0.2) is 4.34 Å². The molecule has 1 heterocycles. The van der Waals surface area contributed by atoms with Crippen molar-refractivity contribution >= 4 is 39.8 Å². The van der Waals surface area contributed by atoms with Gasteiger partial charge in [-0.3, -0.25) is 4.79 Å². The molecule has 0 fully saturated rings. The zero-order valence-corrected chi connectivity index (χ0v) is 15.3. The zero-order valence-electron chi connectivity index (χ0n) is 13.7. The molecule has 1 aromatic carbocycles. The molecule has 0 bridgehead atoms.